The van der Waals surface area contributed by atoms with E-state index < -0.39 is 12.8 Å². The highest BCUT2D eigenvalue weighted by Gasteiger charge is 2.28. The van der Waals surface area contributed by atoms with Gasteiger partial charge in [-0.2, -0.15) is 13.2 Å². The Bertz CT molecular complexity index is 693. The zero-order valence-corrected chi connectivity index (χ0v) is 12.9. The van der Waals surface area contributed by atoms with E-state index in [0.29, 0.717) is 11.4 Å². The van der Waals surface area contributed by atoms with Gasteiger partial charge in [0.25, 0.3) is 0 Å². The van der Waals surface area contributed by atoms with E-state index in [9.17, 15) is 18.0 Å². The Balaban J connectivity index is 1.87. The predicted molar refractivity (Wildman–Crippen MR) is 82.5 cm³/mol. The van der Waals surface area contributed by atoms with E-state index in [4.69, 9.17) is 0 Å². The van der Waals surface area contributed by atoms with Crippen LogP contribution in [0.25, 0.3) is 6.08 Å². The van der Waals surface area contributed by atoms with E-state index >= 15 is 0 Å². The van der Waals surface area contributed by atoms with Crippen LogP contribution in [0.5, 0.6) is 5.75 Å². The molecule has 0 radical (unpaired) electrons. The number of hydrogen-bond donors (Lipinski definition) is 1. The lowest BCUT2D eigenvalue weighted by molar-refractivity contribution is -0.153. The molecule has 1 N–H and O–H groups in total. The molecule has 0 aliphatic rings. The maximum absolute atomic E-state index is 12.0. The normalized spacial score (nSPS) is 11.7. The van der Waals surface area contributed by atoms with Crippen molar-refractivity contribution in [3.8, 4) is 5.75 Å². The highest BCUT2D eigenvalue weighted by molar-refractivity contribution is 7.09. The Morgan fingerprint density at radius 3 is 2.61 bits per heavy atom. The number of nitrogens with one attached hydrogen (secondary N) is 1. The number of rotatable bonds is 5. The number of hydrogen-bond acceptors (Lipinski definition) is 4. The molecule has 4 nitrogen and oxygen atoms in total. The minimum Gasteiger partial charge on any atom is -0.484 e. The third-order valence-corrected chi connectivity index (χ3v) is 3.36. The fourth-order valence-electron chi connectivity index (χ4n) is 1.60. The molecule has 0 fully saturated rings. The molecule has 1 amide bonds. The fourth-order valence-corrected chi connectivity index (χ4v) is 2.18. The number of nitrogens with zero attached hydrogens (tertiary/aromatic N) is 1. The van der Waals surface area contributed by atoms with Crippen molar-refractivity contribution in [1.29, 1.82) is 0 Å². The van der Waals surface area contributed by atoms with E-state index in [-0.39, 0.29) is 11.7 Å². The van der Waals surface area contributed by atoms with Crippen LogP contribution >= 0.6 is 11.3 Å². The van der Waals surface area contributed by atoms with Crippen LogP contribution in [0.4, 0.5) is 18.9 Å². The summed E-state index contributed by atoms with van der Waals surface area (Å²) in [6.07, 6.45) is -1.46. The SMILES string of the molecule is Cc1nc(/C=C/C(=O)Nc2ccc(OCC(F)(F)F)cc2)cs1. The first-order valence-corrected chi connectivity index (χ1v) is 7.40. The van der Waals surface area contributed by atoms with E-state index in [1.165, 1.54) is 41.7 Å². The van der Waals surface area contributed by atoms with Crippen LogP contribution in [0.15, 0.2) is 35.7 Å². The van der Waals surface area contributed by atoms with Crippen LogP contribution in [0.2, 0.25) is 0 Å². The van der Waals surface area contributed by atoms with Crippen molar-refractivity contribution in [1.82, 2.24) is 4.98 Å². The number of halogens is 3. The van der Waals surface area contributed by atoms with E-state index in [2.05, 4.69) is 15.0 Å². The van der Waals surface area contributed by atoms with Gasteiger partial charge in [-0.1, -0.05) is 0 Å². The standard InChI is InChI=1S/C15H13F3N2O2S/c1-10-19-12(8-23-10)4-7-14(21)20-11-2-5-13(6-3-11)22-9-15(16,17)18/h2-8H,9H2,1H3,(H,20,21)/b7-4+. The first-order chi connectivity index (χ1) is 10.8. The van der Waals surface area contributed by atoms with Gasteiger partial charge in [-0.05, 0) is 37.3 Å². The van der Waals surface area contributed by atoms with Gasteiger partial charge in [0.2, 0.25) is 5.91 Å². The number of anilines is 1. The summed E-state index contributed by atoms with van der Waals surface area (Å²) in [7, 11) is 0. The van der Waals surface area contributed by atoms with Gasteiger partial charge in [0.1, 0.15) is 5.75 Å². The molecule has 2 aromatic rings. The highest BCUT2D eigenvalue weighted by Crippen LogP contribution is 2.20. The van der Waals surface area contributed by atoms with Gasteiger partial charge in [-0.25, -0.2) is 4.98 Å². The average molecular weight is 342 g/mol. The van der Waals surface area contributed by atoms with Crippen LogP contribution in [0.1, 0.15) is 10.7 Å². The Morgan fingerprint density at radius 2 is 2.04 bits per heavy atom. The van der Waals surface area contributed by atoms with Crippen molar-refractivity contribution in [3.63, 3.8) is 0 Å². The number of thiazole rings is 1. The number of carbonyl (C=O) groups excluding carboxylic acids is 1. The third kappa shape index (κ3) is 6.11. The number of carbonyl (C=O) groups is 1. The van der Waals surface area contributed by atoms with Gasteiger partial charge < -0.3 is 10.1 Å². The summed E-state index contributed by atoms with van der Waals surface area (Å²) in [6.45, 7) is 0.513. The van der Waals surface area contributed by atoms with Gasteiger partial charge in [0.05, 0.1) is 10.7 Å². The Hall–Kier alpha value is -2.35. The molecule has 0 bridgehead atoms. The molecule has 0 spiro atoms. The average Bonchev–Trinajstić information content (AvgIpc) is 2.89. The van der Waals surface area contributed by atoms with Crippen molar-refractivity contribution in [2.24, 2.45) is 0 Å². The second kappa shape index (κ2) is 7.28. The smallest absolute Gasteiger partial charge is 0.422 e. The molecule has 1 heterocycles. The summed E-state index contributed by atoms with van der Waals surface area (Å²) >= 11 is 1.48. The number of ether oxygens (including phenoxy) is 1. The second-order valence-electron chi connectivity index (χ2n) is 4.54. The molecule has 8 heteroatoms. The molecule has 0 saturated carbocycles. The number of amides is 1. The molecular formula is C15H13F3N2O2S. The lowest BCUT2D eigenvalue weighted by atomic mass is 10.3. The minimum absolute atomic E-state index is 0.0776. The summed E-state index contributed by atoms with van der Waals surface area (Å²) < 4.78 is 40.7. The minimum atomic E-state index is -4.38. The van der Waals surface area contributed by atoms with Gasteiger partial charge in [-0.3, -0.25) is 4.79 Å². The molecular weight excluding hydrogens is 329 g/mol. The van der Waals surface area contributed by atoms with Crippen LogP contribution in [0, 0.1) is 6.92 Å². The van der Waals surface area contributed by atoms with E-state index in [1.54, 1.807) is 6.08 Å². The topological polar surface area (TPSA) is 51.2 Å². The number of alkyl halides is 3. The molecule has 0 saturated heterocycles. The third-order valence-electron chi connectivity index (χ3n) is 2.57. The van der Waals surface area contributed by atoms with Crippen LogP contribution in [-0.2, 0) is 4.79 Å². The maximum Gasteiger partial charge on any atom is 0.422 e. The lowest BCUT2D eigenvalue weighted by Crippen LogP contribution is -2.19. The molecule has 23 heavy (non-hydrogen) atoms. The number of aryl methyl sites for hydroxylation is 1. The first kappa shape index (κ1) is 17.0. The Morgan fingerprint density at radius 1 is 1.35 bits per heavy atom. The quantitative estimate of drug-likeness (QED) is 0.834. The molecule has 1 aromatic heterocycles. The number of benzene rings is 1. The van der Waals surface area contributed by atoms with Crippen molar-refractivity contribution in [3.05, 3.63) is 46.4 Å². The van der Waals surface area contributed by atoms with Gasteiger partial charge in [0.15, 0.2) is 6.61 Å². The zero-order valence-electron chi connectivity index (χ0n) is 12.1. The van der Waals surface area contributed by atoms with Gasteiger partial charge in [-0.15, -0.1) is 11.3 Å². The van der Waals surface area contributed by atoms with E-state index in [1.807, 2.05) is 12.3 Å². The molecule has 1 aromatic carbocycles. The molecule has 0 aliphatic carbocycles. The summed E-state index contributed by atoms with van der Waals surface area (Å²) in [6, 6.07) is 5.64. The van der Waals surface area contributed by atoms with Gasteiger partial charge in [0, 0.05) is 17.1 Å². The molecule has 0 atom stereocenters. The summed E-state index contributed by atoms with van der Waals surface area (Å²) in [5.41, 5.74) is 1.15. The second-order valence-corrected chi connectivity index (χ2v) is 5.60. The van der Waals surface area contributed by atoms with Crippen LogP contribution in [0.3, 0.4) is 0 Å². The largest absolute Gasteiger partial charge is 0.484 e. The van der Waals surface area contributed by atoms with Crippen LogP contribution < -0.4 is 10.1 Å². The summed E-state index contributed by atoms with van der Waals surface area (Å²) in [5.74, 6) is -0.284. The van der Waals surface area contributed by atoms with Crippen molar-refractivity contribution in [2.75, 3.05) is 11.9 Å². The van der Waals surface area contributed by atoms with Gasteiger partial charge >= 0.3 is 6.18 Å². The number of aromatic nitrogens is 1. The van der Waals surface area contributed by atoms with Crippen LogP contribution in [-0.4, -0.2) is 23.7 Å². The highest BCUT2D eigenvalue weighted by atomic mass is 32.1. The maximum atomic E-state index is 12.0. The summed E-state index contributed by atoms with van der Waals surface area (Å²) in [4.78, 5) is 15.9. The fraction of sp³-hybridized carbons (Fsp3) is 0.200. The van der Waals surface area contributed by atoms with Crippen molar-refractivity contribution in [2.45, 2.75) is 13.1 Å². The molecule has 0 unspecified atom stereocenters. The Labute approximate surface area is 134 Å². The monoisotopic (exact) mass is 342 g/mol. The zero-order chi connectivity index (χ0) is 16.9. The van der Waals surface area contributed by atoms with Crippen molar-refractivity contribution >= 4 is 29.0 Å². The predicted octanol–water partition coefficient (Wildman–Crippen LogP) is 4.04. The summed E-state index contributed by atoms with van der Waals surface area (Å²) in [5, 5.41) is 5.32. The van der Waals surface area contributed by atoms with Crippen molar-refractivity contribution < 1.29 is 22.7 Å². The molecule has 2 rings (SSSR count). The molecule has 0 aliphatic heterocycles. The lowest BCUT2D eigenvalue weighted by Gasteiger charge is -2.09. The first-order valence-electron chi connectivity index (χ1n) is 6.53. The van der Waals surface area contributed by atoms with E-state index in [0.717, 1.165) is 5.01 Å². The Kier molecular flexibility index (Phi) is 5.38. The molecule has 122 valence electrons.